The normalized spacial score (nSPS) is 24.4. The Labute approximate surface area is 156 Å². The maximum absolute atomic E-state index is 12.7. The zero-order valence-electron chi connectivity index (χ0n) is 16.0. The van der Waals surface area contributed by atoms with E-state index in [9.17, 15) is 4.79 Å². The van der Waals surface area contributed by atoms with Gasteiger partial charge in [-0.25, -0.2) is 9.97 Å². The summed E-state index contributed by atoms with van der Waals surface area (Å²) in [6.45, 7) is 8.63. The molecule has 3 aliphatic heterocycles. The van der Waals surface area contributed by atoms with Crippen molar-refractivity contribution in [2.45, 2.75) is 51.4 Å². The number of anilines is 1. The third-order valence-corrected chi connectivity index (χ3v) is 6.02. The van der Waals surface area contributed by atoms with Crippen LogP contribution in [0.15, 0.2) is 6.07 Å². The Balaban J connectivity index is 1.44. The first-order valence-electron chi connectivity index (χ1n) is 10.3. The van der Waals surface area contributed by atoms with Gasteiger partial charge in [-0.1, -0.05) is 0 Å². The average Bonchev–Trinajstić information content (AvgIpc) is 3.35. The number of carbonyl (C=O) groups excluding carboxylic acids is 1. The molecule has 6 nitrogen and oxygen atoms in total. The fourth-order valence-corrected chi connectivity index (χ4v) is 4.57. The summed E-state index contributed by atoms with van der Waals surface area (Å²) in [5.74, 6) is 2.56. The maximum Gasteiger partial charge on any atom is 0.236 e. The van der Waals surface area contributed by atoms with Gasteiger partial charge < -0.3 is 9.80 Å². The van der Waals surface area contributed by atoms with Gasteiger partial charge in [0.1, 0.15) is 11.6 Å². The van der Waals surface area contributed by atoms with Gasteiger partial charge in [0.15, 0.2) is 0 Å². The number of piperidine rings is 1. The van der Waals surface area contributed by atoms with E-state index in [-0.39, 0.29) is 0 Å². The largest absolute Gasteiger partial charge is 0.357 e. The molecule has 4 heterocycles. The van der Waals surface area contributed by atoms with Crippen LogP contribution in [0.4, 0.5) is 5.82 Å². The van der Waals surface area contributed by atoms with Crippen LogP contribution in [0.2, 0.25) is 0 Å². The molecule has 0 aromatic carbocycles. The SMILES string of the molecule is Cc1nc(C2CCCN(C(=O)CN3CCCC3)C2)cc(N2CCCC2)n1. The molecule has 0 spiro atoms. The van der Waals surface area contributed by atoms with E-state index in [1.807, 2.05) is 6.92 Å². The predicted octanol–water partition coefficient (Wildman–Crippen LogP) is 2.19. The van der Waals surface area contributed by atoms with Gasteiger partial charge in [0.2, 0.25) is 5.91 Å². The highest BCUT2D eigenvalue weighted by Crippen LogP contribution is 2.29. The molecule has 4 rings (SSSR count). The summed E-state index contributed by atoms with van der Waals surface area (Å²) < 4.78 is 0. The van der Waals surface area contributed by atoms with Crippen molar-refractivity contribution in [3.63, 3.8) is 0 Å². The highest BCUT2D eigenvalue weighted by atomic mass is 16.2. The molecule has 3 fully saturated rings. The average molecular weight is 358 g/mol. The number of likely N-dealkylation sites (tertiary alicyclic amines) is 2. The first-order valence-corrected chi connectivity index (χ1v) is 10.3. The van der Waals surface area contributed by atoms with E-state index in [0.717, 1.165) is 69.4 Å². The van der Waals surface area contributed by atoms with Crippen molar-refractivity contribution in [2.75, 3.05) is 50.7 Å². The standard InChI is InChI=1S/C20H31N5O/c1-16-21-18(13-19(22-16)24-10-4-5-11-24)17-7-6-12-25(14-17)20(26)15-23-8-2-3-9-23/h13,17H,2-12,14-15H2,1H3. The summed E-state index contributed by atoms with van der Waals surface area (Å²) in [4.78, 5) is 28.9. The minimum absolute atomic E-state index is 0.294. The van der Waals surface area contributed by atoms with Crippen LogP contribution in [0.5, 0.6) is 0 Å². The second kappa shape index (κ2) is 7.91. The molecule has 1 aromatic heterocycles. The molecule has 6 heteroatoms. The van der Waals surface area contributed by atoms with E-state index in [1.54, 1.807) is 0 Å². The lowest BCUT2D eigenvalue weighted by molar-refractivity contribution is -0.133. The highest BCUT2D eigenvalue weighted by molar-refractivity contribution is 5.78. The number of carbonyl (C=O) groups is 1. The Kier molecular flexibility index (Phi) is 5.38. The van der Waals surface area contributed by atoms with Crippen LogP contribution in [0.1, 0.15) is 56.0 Å². The lowest BCUT2D eigenvalue weighted by Crippen LogP contribution is -2.44. The molecule has 0 aliphatic carbocycles. The van der Waals surface area contributed by atoms with Crippen molar-refractivity contribution < 1.29 is 4.79 Å². The van der Waals surface area contributed by atoms with Crippen LogP contribution in [-0.2, 0) is 4.79 Å². The van der Waals surface area contributed by atoms with Gasteiger partial charge in [0, 0.05) is 38.2 Å². The fourth-order valence-electron chi connectivity index (χ4n) is 4.57. The van der Waals surface area contributed by atoms with Crippen molar-refractivity contribution >= 4 is 11.7 Å². The number of amides is 1. The van der Waals surface area contributed by atoms with Gasteiger partial charge in [-0.2, -0.15) is 0 Å². The maximum atomic E-state index is 12.7. The topological polar surface area (TPSA) is 52.6 Å². The summed E-state index contributed by atoms with van der Waals surface area (Å²) in [7, 11) is 0. The monoisotopic (exact) mass is 357 g/mol. The molecular weight excluding hydrogens is 326 g/mol. The van der Waals surface area contributed by atoms with Crippen LogP contribution in [0.3, 0.4) is 0 Å². The smallest absolute Gasteiger partial charge is 0.236 e. The van der Waals surface area contributed by atoms with E-state index in [4.69, 9.17) is 4.98 Å². The van der Waals surface area contributed by atoms with Crippen molar-refractivity contribution in [1.29, 1.82) is 0 Å². The third kappa shape index (κ3) is 4.00. The second-order valence-corrected chi connectivity index (χ2v) is 8.05. The van der Waals surface area contributed by atoms with Gasteiger partial charge >= 0.3 is 0 Å². The number of rotatable bonds is 4. The Morgan fingerprint density at radius 1 is 1.04 bits per heavy atom. The Bertz CT molecular complexity index is 637. The lowest BCUT2D eigenvalue weighted by Gasteiger charge is -2.34. The minimum Gasteiger partial charge on any atom is -0.357 e. The molecule has 1 aromatic rings. The molecule has 0 bridgehead atoms. The number of aryl methyl sites for hydroxylation is 1. The van der Waals surface area contributed by atoms with Crippen LogP contribution >= 0.6 is 0 Å². The van der Waals surface area contributed by atoms with Crippen LogP contribution in [0, 0.1) is 6.92 Å². The Morgan fingerprint density at radius 2 is 1.77 bits per heavy atom. The first kappa shape index (κ1) is 17.7. The number of hydrogen-bond donors (Lipinski definition) is 0. The first-order chi connectivity index (χ1) is 12.7. The van der Waals surface area contributed by atoms with E-state index in [2.05, 4.69) is 25.8 Å². The zero-order valence-corrected chi connectivity index (χ0v) is 16.0. The summed E-state index contributed by atoms with van der Waals surface area (Å²) >= 11 is 0. The van der Waals surface area contributed by atoms with Crippen molar-refractivity contribution in [3.05, 3.63) is 17.6 Å². The number of aromatic nitrogens is 2. The lowest BCUT2D eigenvalue weighted by atomic mass is 9.94. The van der Waals surface area contributed by atoms with Crippen molar-refractivity contribution in [2.24, 2.45) is 0 Å². The number of nitrogens with zero attached hydrogens (tertiary/aromatic N) is 5. The molecule has 0 saturated carbocycles. The predicted molar refractivity (Wildman–Crippen MR) is 102 cm³/mol. The molecule has 0 radical (unpaired) electrons. The van der Waals surface area contributed by atoms with Crippen molar-refractivity contribution in [1.82, 2.24) is 19.8 Å². The molecule has 1 amide bonds. The Hall–Kier alpha value is -1.69. The third-order valence-electron chi connectivity index (χ3n) is 6.02. The summed E-state index contributed by atoms with van der Waals surface area (Å²) in [5, 5.41) is 0. The molecule has 3 aliphatic rings. The van der Waals surface area contributed by atoms with E-state index < -0.39 is 0 Å². The molecular formula is C20H31N5O. The van der Waals surface area contributed by atoms with Gasteiger partial charge in [-0.3, -0.25) is 9.69 Å². The second-order valence-electron chi connectivity index (χ2n) is 8.05. The van der Waals surface area contributed by atoms with E-state index in [1.165, 1.54) is 25.7 Å². The molecule has 26 heavy (non-hydrogen) atoms. The minimum atomic E-state index is 0.294. The van der Waals surface area contributed by atoms with Crippen LogP contribution in [0.25, 0.3) is 0 Å². The van der Waals surface area contributed by atoms with Gasteiger partial charge in [0.25, 0.3) is 0 Å². The molecule has 1 atom stereocenters. The fraction of sp³-hybridized carbons (Fsp3) is 0.750. The highest BCUT2D eigenvalue weighted by Gasteiger charge is 2.28. The van der Waals surface area contributed by atoms with Crippen LogP contribution in [-0.4, -0.2) is 71.5 Å². The molecule has 142 valence electrons. The summed E-state index contributed by atoms with van der Waals surface area (Å²) in [5.41, 5.74) is 1.12. The van der Waals surface area contributed by atoms with Gasteiger partial charge in [-0.05, 0) is 58.5 Å². The summed E-state index contributed by atoms with van der Waals surface area (Å²) in [6.07, 6.45) is 7.15. The van der Waals surface area contributed by atoms with E-state index >= 15 is 0 Å². The van der Waals surface area contributed by atoms with Crippen LogP contribution < -0.4 is 4.90 Å². The van der Waals surface area contributed by atoms with Gasteiger partial charge in [-0.15, -0.1) is 0 Å². The summed E-state index contributed by atoms with van der Waals surface area (Å²) in [6, 6.07) is 2.18. The number of hydrogen-bond acceptors (Lipinski definition) is 5. The van der Waals surface area contributed by atoms with E-state index in [0.29, 0.717) is 18.4 Å². The van der Waals surface area contributed by atoms with Gasteiger partial charge in [0.05, 0.1) is 12.2 Å². The molecule has 3 saturated heterocycles. The molecule has 1 unspecified atom stereocenters. The molecule has 0 N–H and O–H groups in total. The Morgan fingerprint density at radius 3 is 2.54 bits per heavy atom. The quantitative estimate of drug-likeness (QED) is 0.827. The van der Waals surface area contributed by atoms with Crippen molar-refractivity contribution in [3.8, 4) is 0 Å². The zero-order chi connectivity index (χ0) is 17.9.